The largest absolute Gasteiger partial charge is 0.452 e. The van der Waals surface area contributed by atoms with Crippen molar-refractivity contribution in [2.24, 2.45) is 0 Å². The Kier molecular flexibility index (Phi) is 7.31. The number of hydrogen-bond donors (Lipinski definition) is 3. The highest BCUT2D eigenvalue weighted by molar-refractivity contribution is 7.12. The van der Waals surface area contributed by atoms with Crippen LogP contribution in [0, 0.1) is 0 Å². The number of rotatable bonds is 6. The number of thiophene rings is 1. The van der Waals surface area contributed by atoms with E-state index in [4.69, 9.17) is 4.74 Å². The zero-order chi connectivity index (χ0) is 21.4. The van der Waals surface area contributed by atoms with Crippen molar-refractivity contribution in [1.29, 1.82) is 0 Å². The van der Waals surface area contributed by atoms with E-state index in [1.807, 2.05) is 0 Å². The highest BCUT2D eigenvalue weighted by Crippen LogP contribution is 2.15. The number of imide groups is 1. The molecule has 2 aromatic rings. The first-order valence-corrected chi connectivity index (χ1v) is 8.78. The predicted molar refractivity (Wildman–Crippen MR) is 96.6 cm³/mol. The topological polar surface area (TPSA) is 114 Å². The summed E-state index contributed by atoms with van der Waals surface area (Å²) in [6, 6.07) is 7.68. The second kappa shape index (κ2) is 9.68. The summed E-state index contributed by atoms with van der Waals surface area (Å²) in [6.45, 7) is -2.50. The Morgan fingerprint density at radius 1 is 1.07 bits per heavy atom. The Balaban J connectivity index is 1.83. The minimum Gasteiger partial charge on any atom is -0.452 e. The molecule has 0 bridgehead atoms. The average Bonchev–Trinajstić information content (AvgIpc) is 3.19. The van der Waals surface area contributed by atoms with E-state index in [1.165, 1.54) is 34.9 Å². The number of carbonyl (C=O) groups is 4. The molecule has 0 radical (unpaired) electrons. The molecule has 154 valence electrons. The van der Waals surface area contributed by atoms with Crippen molar-refractivity contribution in [1.82, 2.24) is 10.6 Å². The van der Waals surface area contributed by atoms with E-state index >= 15 is 0 Å². The maximum Gasteiger partial charge on any atom is 0.405 e. The van der Waals surface area contributed by atoms with Crippen LogP contribution in [0.25, 0.3) is 0 Å². The molecule has 8 nitrogen and oxygen atoms in total. The van der Waals surface area contributed by atoms with E-state index in [9.17, 15) is 32.3 Å². The van der Waals surface area contributed by atoms with Gasteiger partial charge in [0.05, 0.1) is 10.4 Å². The van der Waals surface area contributed by atoms with Crippen LogP contribution in [-0.2, 0) is 9.53 Å². The number of ether oxygens (including phenoxy) is 1. The summed E-state index contributed by atoms with van der Waals surface area (Å²) in [4.78, 5) is 47.1. The molecule has 1 aromatic heterocycles. The number of halogens is 3. The van der Waals surface area contributed by atoms with Gasteiger partial charge >= 0.3 is 18.2 Å². The lowest BCUT2D eigenvalue weighted by molar-refractivity contribution is -0.125. The lowest BCUT2D eigenvalue weighted by atomic mass is 10.2. The number of esters is 1. The molecular weight excluding hydrogens is 415 g/mol. The molecule has 2 rings (SSSR count). The zero-order valence-corrected chi connectivity index (χ0v) is 15.4. The van der Waals surface area contributed by atoms with Crippen LogP contribution in [0.1, 0.15) is 20.0 Å². The number of hydrogen-bond acceptors (Lipinski definition) is 6. The van der Waals surface area contributed by atoms with E-state index in [0.717, 1.165) is 0 Å². The molecule has 1 aromatic carbocycles. The van der Waals surface area contributed by atoms with Gasteiger partial charge in [-0.3, -0.25) is 14.9 Å². The third-order valence-electron chi connectivity index (χ3n) is 3.14. The zero-order valence-electron chi connectivity index (χ0n) is 14.5. The molecular formula is C17H14F3N3O5S. The van der Waals surface area contributed by atoms with Crippen LogP contribution >= 0.6 is 11.3 Å². The van der Waals surface area contributed by atoms with Gasteiger partial charge in [-0.15, -0.1) is 11.3 Å². The van der Waals surface area contributed by atoms with Gasteiger partial charge in [-0.05, 0) is 29.6 Å². The van der Waals surface area contributed by atoms with Gasteiger partial charge in [0, 0.05) is 5.69 Å². The molecule has 0 spiro atoms. The van der Waals surface area contributed by atoms with Crippen LogP contribution in [0.15, 0.2) is 41.8 Å². The fraction of sp³-hybridized carbons (Fsp3) is 0.176. The summed E-state index contributed by atoms with van der Waals surface area (Å²) in [5.74, 6) is -2.40. The predicted octanol–water partition coefficient (Wildman–Crippen LogP) is 2.55. The minimum absolute atomic E-state index is 0.0169. The molecule has 0 aliphatic rings. The number of alkyl halides is 3. The quantitative estimate of drug-likeness (QED) is 0.611. The average molecular weight is 429 g/mol. The molecule has 0 atom stereocenters. The molecule has 0 saturated heterocycles. The van der Waals surface area contributed by atoms with Crippen molar-refractivity contribution in [2.75, 3.05) is 18.5 Å². The van der Waals surface area contributed by atoms with Crippen molar-refractivity contribution in [3.8, 4) is 0 Å². The lowest BCUT2D eigenvalue weighted by Gasteiger charge is -2.10. The van der Waals surface area contributed by atoms with Gasteiger partial charge in [0.2, 0.25) is 0 Å². The molecule has 0 aliphatic carbocycles. The van der Waals surface area contributed by atoms with Crippen molar-refractivity contribution in [3.05, 3.63) is 52.2 Å². The van der Waals surface area contributed by atoms with Crippen LogP contribution < -0.4 is 16.0 Å². The summed E-state index contributed by atoms with van der Waals surface area (Å²) < 4.78 is 40.6. The maximum atomic E-state index is 12.0. The number of amides is 4. The molecule has 1 heterocycles. The van der Waals surface area contributed by atoms with E-state index in [1.54, 1.807) is 28.9 Å². The van der Waals surface area contributed by atoms with Crippen LogP contribution in [0.4, 0.5) is 23.7 Å². The SMILES string of the molecule is O=C(COC(=O)c1cccc(NC(=O)c2cccs2)c1)NC(=O)NCC(F)(F)F. The first-order chi connectivity index (χ1) is 13.6. The fourth-order valence-electron chi connectivity index (χ4n) is 1.93. The Labute approximate surface area is 166 Å². The maximum absolute atomic E-state index is 12.0. The monoisotopic (exact) mass is 429 g/mol. The van der Waals surface area contributed by atoms with Gasteiger partial charge in [-0.25, -0.2) is 9.59 Å². The van der Waals surface area contributed by atoms with Crippen molar-refractivity contribution in [2.45, 2.75) is 6.18 Å². The standard InChI is InChI=1S/C17H14F3N3O5S/c18-17(19,20)9-21-16(27)23-13(24)8-28-15(26)10-3-1-4-11(7-10)22-14(25)12-5-2-6-29-12/h1-7H,8-9H2,(H,22,25)(H2,21,23,24,27). The van der Waals surface area contributed by atoms with E-state index in [0.29, 0.717) is 10.6 Å². The third kappa shape index (κ3) is 7.62. The number of urea groups is 1. The van der Waals surface area contributed by atoms with Crippen molar-refractivity contribution < 1.29 is 37.1 Å². The summed E-state index contributed by atoms with van der Waals surface area (Å²) >= 11 is 1.24. The number of anilines is 1. The molecule has 0 fully saturated rings. The van der Waals surface area contributed by atoms with E-state index in [-0.39, 0.29) is 11.5 Å². The Hall–Kier alpha value is -3.41. The highest BCUT2D eigenvalue weighted by atomic mass is 32.1. The second-order valence-electron chi connectivity index (χ2n) is 5.43. The van der Waals surface area contributed by atoms with Crippen LogP contribution in [-0.4, -0.2) is 43.1 Å². The van der Waals surface area contributed by atoms with Crippen molar-refractivity contribution in [3.63, 3.8) is 0 Å². The molecule has 0 unspecified atom stereocenters. The lowest BCUT2D eigenvalue weighted by Crippen LogP contribution is -2.44. The number of benzene rings is 1. The fourth-order valence-corrected chi connectivity index (χ4v) is 2.55. The molecule has 3 N–H and O–H groups in total. The molecule has 0 saturated carbocycles. The van der Waals surface area contributed by atoms with Gasteiger partial charge < -0.3 is 15.4 Å². The van der Waals surface area contributed by atoms with Crippen LogP contribution in [0.2, 0.25) is 0 Å². The smallest absolute Gasteiger partial charge is 0.405 e. The Bertz CT molecular complexity index is 900. The molecule has 4 amide bonds. The van der Waals surface area contributed by atoms with Gasteiger partial charge in [0.25, 0.3) is 11.8 Å². The Morgan fingerprint density at radius 2 is 1.83 bits per heavy atom. The second-order valence-corrected chi connectivity index (χ2v) is 6.38. The first-order valence-electron chi connectivity index (χ1n) is 7.90. The van der Waals surface area contributed by atoms with Crippen LogP contribution in [0.5, 0.6) is 0 Å². The van der Waals surface area contributed by atoms with Gasteiger partial charge in [0.1, 0.15) is 6.54 Å². The molecule has 0 aliphatic heterocycles. The first kappa shape index (κ1) is 21.9. The Morgan fingerprint density at radius 3 is 2.48 bits per heavy atom. The van der Waals surface area contributed by atoms with Crippen molar-refractivity contribution >= 4 is 40.8 Å². The summed E-state index contributed by atoms with van der Waals surface area (Å²) in [5.41, 5.74) is 0.331. The minimum atomic E-state index is -4.63. The van der Waals surface area contributed by atoms with Gasteiger partial charge in [-0.1, -0.05) is 12.1 Å². The highest BCUT2D eigenvalue weighted by Gasteiger charge is 2.28. The molecule has 29 heavy (non-hydrogen) atoms. The summed E-state index contributed by atoms with van der Waals surface area (Å²) in [5, 5.41) is 7.35. The normalized spacial score (nSPS) is 10.7. The number of nitrogens with one attached hydrogen (secondary N) is 3. The number of carbonyl (C=O) groups excluding carboxylic acids is 4. The molecule has 12 heteroatoms. The van der Waals surface area contributed by atoms with E-state index in [2.05, 4.69) is 5.32 Å². The van der Waals surface area contributed by atoms with Gasteiger partial charge in [-0.2, -0.15) is 13.2 Å². The third-order valence-corrected chi connectivity index (χ3v) is 4.01. The van der Waals surface area contributed by atoms with Gasteiger partial charge in [0.15, 0.2) is 6.61 Å². The van der Waals surface area contributed by atoms with E-state index < -0.39 is 37.2 Å². The summed E-state index contributed by atoms with van der Waals surface area (Å²) in [6.07, 6.45) is -4.63. The summed E-state index contributed by atoms with van der Waals surface area (Å²) in [7, 11) is 0. The van der Waals surface area contributed by atoms with Crippen LogP contribution in [0.3, 0.4) is 0 Å².